The number of urea groups is 4. The Morgan fingerprint density at radius 3 is 1.32 bits per heavy atom. The minimum absolute atomic E-state index is 0.0645. The smallest absolute Gasteiger partial charge is 0.321 e. The number of aromatic nitrogens is 12. The Bertz CT molecular complexity index is 7260. The standard InChI is InChI=1S/C22H19ClN6O.C22H26N6O2.C22H24N6O2.C19H20N6O.C19H21N5O2/c1-11-4-2-3-5-13(11)20-19(23)15-7-18(25-10-17(15)21(24)29-20)28-22(30)16-6-14(16)12-8-26-27-9-12;1-14-5-3-4-6-17(14)19-9-15-10-20(24-11-18(15)21(23)26-19)27-22(29)25-16-12-28(13-16)7-8-30-2;1-3-13-6-4-5-7-15(13)18-10-14-11-19(24-12-16(14)20(23)25-18)27-22(30)26-17-8-9-28(2)21(17)29;1-11-4-2-3-5-14(11)16-6-12-7-17(22-10-15(12)18(20)24-16)25-19(26)23-13-8-21-9-13;1-11-5-3-4-6-14(11)16-7-13-8-17(21-9-15(13)18(20)23-16)24-19(26)22-12(2)10-25/h2-5,7-10,14,16H,6H2,1H3,(H2,24,29)(H,26,27)(H,25,28,30);3-6,9-11,16H,7-8,12-13H2,1-2H3,(H2,23,26)(H2,24,25,27,29);4-7,10-12,17H,3,8-9H2,1-2H3,(H2,23,25)(H2,24,26,27,30);2-7,10,13,21H,8-9H2,1H3,(H2,20,24)(H2,22,23,25,26);3-9,12,25H,10H2,1-2H3,(H2,20,23)(H2,21,22,24,26)/t14-,16?;;17-;;12-/m1.1.1/s1. The number of halogens is 1. The quantitative estimate of drug-likeness (QED) is 0.0318. The van der Waals surface area contributed by atoms with Gasteiger partial charge in [-0.3, -0.25) is 40.9 Å². The van der Waals surface area contributed by atoms with Crippen molar-refractivity contribution in [2.45, 2.75) is 90.9 Å². The highest BCUT2D eigenvalue weighted by Gasteiger charge is 2.45. The van der Waals surface area contributed by atoms with Gasteiger partial charge in [-0.15, -0.1) is 0 Å². The van der Waals surface area contributed by atoms with Crippen LogP contribution in [0.5, 0.6) is 0 Å². The summed E-state index contributed by atoms with van der Waals surface area (Å²) in [5.74, 6) is 4.06. The van der Waals surface area contributed by atoms with Crippen LogP contribution in [0.4, 0.5) is 77.4 Å². The van der Waals surface area contributed by atoms with Crippen LogP contribution in [0.15, 0.2) is 219 Å². The number of pyridine rings is 10. The largest absolute Gasteiger partial charge is 0.394 e. The number of nitrogens with zero attached hydrogens (tertiary/aromatic N) is 13. The summed E-state index contributed by atoms with van der Waals surface area (Å²) in [5.41, 5.74) is 46.2. The lowest BCUT2D eigenvalue weighted by Crippen LogP contribution is -2.60. The van der Waals surface area contributed by atoms with Gasteiger partial charge in [-0.2, -0.15) is 5.10 Å². The molecule has 0 radical (unpaired) electrons. The van der Waals surface area contributed by atoms with Gasteiger partial charge in [0.25, 0.3) is 0 Å². The first kappa shape index (κ1) is 98.3. The number of aliphatic hydroxyl groups is 1. The summed E-state index contributed by atoms with van der Waals surface area (Å²) in [4.78, 5) is 121. The molecule has 726 valence electrons. The number of nitrogens with two attached hydrogens (primary N) is 5. The van der Waals surface area contributed by atoms with Gasteiger partial charge in [0.15, 0.2) is 0 Å². The zero-order valence-corrected chi connectivity index (χ0v) is 80.2. The van der Waals surface area contributed by atoms with Crippen LogP contribution in [0.3, 0.4) is 0 Å². The van der Waals surface area contributed by atoms with E-state index in [4.69, 9.17) is 50.1 Å². The van der Waals surface area contributed by atoms with E-state index >= 15 is 0 Å². The van der Waals surface area contributed by atoms with Gasteiger partial charge >= 0.3 is 24.1 Å². The van der Waals surface area contributed by atoms with Crippen molar-refractivity contribution in [3.63, 3.8) is 0 Å². The second kappa shape index (κ2) is 44.4. The van der Waals surface area contributed by atoms with Gasteiger partial charge in [-0.25, -0.2) is 69.0 Å². The average Bonchev–Trinajstić information content (AvgIpc) is 1.66. The third-order valence-electron chi connectivity index (χ3n) is 24.9. The maximum absolute atomic E-state index is 12.6. The van der Waals surface area contributed by atoms with Gasteiger partial charge < -0.3 is 75.3 Å². The molecule has 38 heteroatoms. The SMILES string of the molecule is CCc1ccccc1-c1cc2cc(NC(=O)N[C@@H]3CCN(C)C3=O)ncc2c(N)n1.COCCN1CC(NC(=O)Nc2cc3cc(-c4ccccc4C)nc(N)c3cn2)C1.Cc1ccccc1-c1cc2cc(NC(=O)NC3CNC3)ncc2c(N)n1.Cc1ccccc1-c1cc2cc(NC(=O)N[C@H](C)CO)ncc2c(N)n1.Cc1ccccc1-c1nc(N)c2cnc(NC(=O)C3C[C@@H]3c3cn[nH]c3)cc2c1Cl. The topological polar surface area (TPSA) is 546 Å². The van der Waals surface area contributed by atoms with E-state index in [1.54, 1.807) is 81.4 Å². The Balaban J connectivity index is 0.000000128. The molecule has 3 saturated heterocycles. The number of aromatic amines is 1. The minimum Gasteiger partial charge on any atom is -0.394 e. The number of H-pyrrole nitrogens is 1. The summed E-state index contributed by atoms with van der Waals surface area (Å²) in [6.07, 6.45) is 13.9. The number of benzene rings is 5. The van der Waals surface area contributed by atoms with Crippen LogP contribution in [-0.2, 0) is 20.7 Å². The fourth-order valence-electron chi connectivity index (χ4n) is 16.8. The maximum Gasteiger partial charge on any atom is 0.321 e. The number of methoxy groups -OCH3 is 1. The van der Waals surface area contributed by atoms with Gasteiger partial charge in [-0.1, -0.05) is 140 Å². The lowest BCUT2D eigenvalue weighted by molar-refractivity contribution is -0.128. The molecular weight excluding hydrogens is 1820 g/mol. The molecule has 22 N–H and O–H groups in total. The Morgan fingerprint density at radius 1 is 0.500 bits per heavy atom. The number of anilines is 10. The van der Waals surface area contributed by atoms with Crippen molar-refractivity contribution in [3.05, 3.63) is 258 Å². The molecule has 1 saturated carbocycles. The van der Waals surface area contributed by atoms with E-state index in [2.05, 4.69) is 131 Å². The summed E-state index contributed by atoms with van der Waals surface area (Å²) < 4.78 is 5.07. The molecule has 20 rings (SSSR count). The molecule has 4 aliphatic rings. The first-order chi connectivity index (χ1) is 68.6. The van der Waals surface area contributed by atoms with E-state index < -0.39 is 18.1 Å². The molecule has 3 aliphatic heterocycles. The van der Waals surface area contributed by atoms with Crippen LogP contribution < -0.4 is 81.8 Å². The van der Waals surface area contributed by atoms with Crippen molar-refractivity contribution in [2.24, 2.45) is 5.92 Å². The predicted molar refractivity (Wildman–Crippen MR) is 558 cm³/mol. The zero-order valence-electron chi connectivity index (χ0n) is 79.4. The van der Waals surface area contributed by atoms with Gasteiger partial charge in [0.1, 0.15) is 64.2 Å². The maximum atomic E-state index is 12.6. The molecule has 0 spiro atoms. The second-order valence-corrected chi connectivity index (χ2v) is 35.5. The molecule has 10 amide bonds. The van der Waals surface area contributed by atoms with E-state index in [0.717, 1.165) is 162 Å². The molecule has 37 nitrogen and oxygen atoms in total. The number of rotatable bonds is 21. The third kappa shape index (κ3) is 23.6. The molecule has 14 heterocycles. The van der Waals surface area contributed by atoms with E-state index in [1.807, 2.05) is 186 Å². The molecule has 1 aliphatic carbocycles. The lowest BCUT2D eigenvalue weighted by Gasteiger charge is -2.39. The van der Waals surface area contributed by atoms with Crippen molar-refractivity contribution in [1.82, 2.24) is 96.4 Å². The van der Waals surface area contributed by atoms with Gasteiger partial charge in [0, 0.05) is 157 Å². The number of hydrogen-bond acceptors (Lipinski definition) is 26. The van der Waals surface area contributed by atoms with Crippen LogP contribution in [0, 0.1) is 33.6 Å². The van der Waals surface area contributed by atoms with Crippen LogP contribution in [0.2, 0.25) is 5.02 Å². The van der Waals surface area contributed by atoms with Crippen molar-refractivity contribution >= 4 is 160 Å². The Morgan fingerprint density at radius 2 is 0.908 bits per heavy atom. The fraction of sp³-hybridized carbons (Fsp3) is 0.240. The molecule has 1 unspecified atom stereocenters. The minimum atomic E-state index is -0.507. The lowest BCUT2D eigenvalue weighted by atomic mass is 10.0. The van der Waals surface area contributed by atoms with Crippen molar-refractivity contribution in [1.29, 1.82) is 0 Å². The highest BCUT2D eigenvalue weighted by Crippen LogP contribution is 2.48. The normalized spacial score (nSPS) is 15.0. The number of nitrogens with one attached hydrogen (secondary N) is 11. The number of ether oxygens (including phenoxy) is 1. The highest BCUT2D eigenvalue weighted by molar-refractivity contribution is 6.38. The van der Waals surface area contributed by atoms with Gasteiger partial charge in [0.05, 0.1) is 71.0 Å². The number of carbonyl (C=O) groups is 6. The van der Waals surface area contributed by atoms with Crippen molar-refractivity contribution in [3.8, 4) is 56.3 Å². The van der Waals surface area contributed by atoms with E-state index in [0.29, 0.717) is 105 Å². The average molecular weight is 1930 g/mol. The molecule has 4 fully saturated rings. The number of amides is 10. The summed E-state index contributed by atoms with van der Waals surface area (Å²) >= 11 is 6.73. The number of aryl methyl sites for hydroxylation is 5. The van der Waals surface area contributed by atoms with Crippen molar-refractivity contribution in [2.75, 3.05) is 122 Å². The van der Waals surface area contributed by atoms with Gasteiger partial charge in [0.2, 0.25) is 11.8 Å². The summed E-state index contributed by atoms with van der Waals surface area (Å²) in [6, 6.07) is 54.7. The number of aliphatic hydroxyl groups excluding tert-OH is 1. The first-order valence-corrected chi connectivity index (χ1v) is 46.7. The van der Waals surface area contributed by atoms with E-state index in [1.165, 1.54) is 5.56 Å². The van der Waals surface area contributed by atoms with Crippen LogP contribution in [0.25, 0.3) is 110 Å². The summed E-state index contributed by atoms with van der Waals surface area (Å²) in [6.45, 7) is 17.2. The number of likely N-dealkylation sites (N-methyl/N-ethyl adjacent to an activating group) is 1. The molecule has 5 aromatic carbocycles. The zero-order chi connectivity index (χ0) is 99.9. The number of nitrogen functional groups attached to an aromatic ring is 5. The van der Waals surface area contributed by atoms with Crippen LogP contribution in [-0.4, -0.2) is 202 Å². The molecule has 16 aromatic rings. The first-order valence-electron chi connectivity index (χ1n) is 46.3. The van der Waals surface area contributed by atoms with E-state index in [9.17, 15) is 28.8 Å². The molecule has 4 atom stereocenters. The molecule has 142 heavy (non-hydrogen) atoms. The summed E-state index contributed by atoms with van der Waals surface area (Å²) in [5, 5.41) is 52.1. The fourth-order valence-corrected chi connectivity index (χ4v) is 17.1. The summed E-state index contributed by atoms with van der Waals surface area (Å²) in [7, 11) is 3.41. The predicted octanol–water partition coefficient (Wildman–Crippen LogP) is 14.7. The van der Waals surface area contributed by atoms with Crippen LogP contribution in [0.1, 0.15) is 66.0 Å². The highest BCUT2D eigenvalue weighted by atomic mass is 35.5. The third-order valence-corrected chi connectivity index (χ3v) is 25.3. The Kier molecular flexibility index (Phi) is 30.7. The molecule has 11 aromatic heterocycles. The Labute approximate surface area is 822 Å². The monoisotopic (exact) mass is 1930 g/mol. The number of carbonyl (C=O) groups excluding carboxylic acids is 6. The van der Waals surface area contributed by atoms with Crippen LogP contribution >= 0.6 is 11.6 Å². The number of likely N-dealkylation sites (tertiary alicyclic amines) is 2. The van der Waals surface area contributed by atoms with Gasteiger partial charge in [-0.05, 0) is 169 Å². The molecule has 0 bridgehead atoms. The second-order valence-electron chi connectivity index (χ2n) is 35.1. The Hall–Kier alpha value is -16.7. The number of fused-ring (bicyclic) bond motifs is 5. The molecular formula is C104H110ClN29O8. The number of hydrogen-bond donors (Lipinski definition) is 17. The van der Waals surface area contributed by atoms with Crippen molar-refractivity contribution < 1.29 is 38.6 Å². The van der Waals surface area contributed by atoms with E-state index in [-0.39, 0.29) is 60.4 Å².